The normalized spacial score (nSPS) is 10.2. The molecule has 0 aromatic heterocycles. The maximum absolute atomic E-state index is 11.9. The van der Waals surface area contributed by atoms with Crippen LogP contribution in [0.3, 0.4) is 0 Å². The number of carbonyl (C=O) groups excluding carboxylic acids is 1. The lowest BCUT2D eigenvalue weighted by Gasteiger charge is -2.04. The number of benzene rings is 2. The molecule has 0 fully saturated rings. The van der Waals surface area contributed by atoms with Crippen LogP contribution >= 0.6 is 0 Å². The van der Waals surface area contributed by atoms with Gasteiger partial charge in [-0.1, -0.05) is 54.6 Å². The van der Waals surface area contributed by atoms with E-state index < -0.39 is 0 Å². The first-order valence-electron chi connectivity index (χ1n) is 5.86. The average molecular weight is 224 g/mol. The molecule has 0 amide bonds. The maximum atomic E-state index is 11.9. The standard InChI is InChI=1S/C16H16O/c1-13-7-5-6-10-15(13)12-16(17)11-14-8-3-2-4-9-14/h2-10H,11-12H2,1H3. The fourth-order valence-electron chi connectivity index (χ4n) is 1.91. The van der Waals surface area contributed by atoms with E-state index in [2.05, 4.69) is 0 Å². The second-order valence-electron chi connectivity index (χ2n) is 4.30. The smallest absolute Gasteiger partial charge is 0.141 e. The molecule has 0 aliphatic rings. The molecule has 0 radical (unpaired) electrons. The fraction of sp³-hybridized carbons (Fsp3) is 0.188. The fourth-order valence-corrected chi connectivity index (χ4v) is 1.91. The van der Waals surface area contributed by atoms with Gasteiger partial charge in [-0.2, -0.15) is 0 Å². The van der Waals surface area contributed by atoms with E-state index in [4.69, 9.17) is 0 Å². The molecule has 0 spiro atoms. The molecule has 17 heavy (non-hydrogen) atoms. The zero-order chi connectivity index (χ0) is 12.1. The van der Waals surface area contributed by atoms with Crippen LogP contribution in [-0.4, -0.2) is 5.78 Å². The Kier molecular flexibility index (Phi) is 3.71. The van der Waals surface area contributed by atoms with Crippen LogP contribution in [-0.2, 0) is 17.6 Å². The molecule has 1 nitrogen and oxygen atoms in total. The van der Waals surface area contributed by atoms with E-state index in [0.717, 1.165) is 11.1 Å². The molecule has 2 aromatic carbocycles. The maximum Gasteiger partial charge on any atom is 0.141 e. The largest absolute Gasteiger partial charge is 0.299 e. The summed E-state index contributed by atoms with van der Waals surface area (Å²) in [7, 11) is 0. The highest BCUT2D eigenvalue weighted by atomic mass is 16.1. The zero-order valence-electron chi connectivity index (χ0n) is 10.0. The molecule has 86 valence electrons. The number of carbonyl (C=O) groups is 1. The third-order valence-electron chi connectivity index (χ3n) is 2.89. The average Bonchev–Trinajstić information content (AvgIpc) is 2.33. The van der Waals surface area contributed by atoms with Crippen LogP contribution in [0.1, 0.15) is 16.7 Å². The van der Waals surface area contributed by atoms with Crippen molar-refractivity contribution in [1.29, 1.82) is 0 Å². The van der Waals surface area contributed by atoms with E-state index in [9.17, 15) is 4.79 Å². The molecule has 0 aliphatic heterocycles. The molecular weight excluding hydrogens is 208 g/mol. The van der Waals surface area contributed by atoms with Crippen molar-refractivity contribution in [2.75, 3.05) is 0 Å². The summed E-state index contributed by atoms with van der Waals surface area (Å²) in [5.74, 6) is 0.269. The third-order valence-corrected chi connectivity index (χ3v) is 2.89. The van der Waals surface area contributed by atoms with Crippen molar-refractivity contribution in [2.45, 2.75) is 19.8 Å². The highest BCUT2D eigenvalue weighted by molar-refractivity contribution is 5.83. The first-order chi connectivity index (χ1) is 8.25. The Morgan fingerprint density at radius 2 is 1.53 bits per heavy atom. The minimum Gasteiger partial charge on any atom is -0.299 e. The van der Waals surface area contributed by atoms with Gasteiger partial charge in [-0.25, -0.2) is 0 Å². The molecule has 0 N–H and O–H groups in total. The molecule has 0 bridgehead atoms. The Bertz CT molecular complexity index is 500. The van der Waals surface area contributed by atoms with Gasteiger partial charge < -0.3 is 0 Å². The van der Waals surface area contributed by atoms with E-state index in [0.29, 0.717) is 12.8 Å². The van der Waals surface area contributed by atoms with Crippen molar-refractivity contribution in [3.05, 3.63) is 71.3 Å². The van der Waals surface area contributed by atoms with Crippen molar-refractivity contribution in [1.82, 2.24) is 0 Å². The molecule has 0 aliphatic carbocycles. The van der Waals surface area contributed by atoms with E-state index in [1.807, 2.05) is 61.5 Å². The topological polar surface area (TPSA) is 17.1 Å². The van der Waals surface area contributed by atoms with E-state index in [-0.39, 0.29) is 5.78 Å². The Morgan fingerprint density at radius 1 is 0.882 bits per heavy atom. The Balaban J connectivity index is 2.01. The van der Waals surface area contributed by atoms with E-state index in [1.165, 1.54) is 5.56 Å². The van der Waals surface area contributed by atoms with Crippen LogP contribution in [0.2, 0.25) is 0 Å². The van der Waals surface area contributed by atoms with Gasteiger partial charge in [0.05, 0.1) is 0 Å². The van der Waals surface area contributed by atoms with Crippen molar-refractivity contribution in [3.63, 3.8) is 0 Å². The Morgan fingerprint density at radius 3 is 2.24 bits per heavy atom. The number of hydrogen-bond donors (Lipinski definition) is 0. The number of Topliss-reactive ketones (excluding diaryl/α,β-unsaturated/α-hetero) is 1. The van der Waals surface area contributed by atoms with Crippen molar-refractivity contribution >= 4 is 5.78 Å². The summed E-state index contributed by atoms with van der Waals surface area (Å²) in [4.78, 5) is 11.9. The van der Waals surface area contributed by atoms with Crippen molar-refractivity contribution < 1.29 is 4.79 Å². The van der Waals surface area contributed by atoms with Gasteiger partial charge in [0.25, 0.3) is 0 Å². The van der Waals surface area contributed by atoms with Crippen LogP contribution < -0.4 is 0 Å². The summed E-state index contributed by atoms with van der Waals surface area (Å²) in [5.41, 5.74) is 3.41. The minimum absolute atomic E-state index is 0.269. The van der Waals surface area contributed by atoms with Gasteiger partial charge in [0.1, 0.15) is 5.78 Å². The molecule has 2 rings (SSSR count). The lowest BCUT2D eigenvalue weighted by Crippen LogP contribution is -2.07. The SMILES string of the molecule is Cc1ccccc1CC(=O)Cc1ccccc1. The van der Waals surface area contributed by atoms with Gasteiger partial charge >= 0.3 is 0 Å². The number of rotatable bonds is 4. The highest BCUT2D eigenvalue weighted by Gasteiger charge is 2.06. The predicted molar refractivity (Wildman–Crippen MR) is 70.0 cm³/mol. The van der Waals surface area contributed by atoms with Gasteiger partial charge in [-0.05, 0) is 23.6 Å². The monoisotopic (exact) mass is 224 g/mol. The first-order valence-corrected chi connectivity index (χ1v) is 5.86. The predicted octanol–water partition coefficient (Wildman–Crippen LogP) is 3.35. The summed E-state index contributed by atoms with van der Waals surface area (Å²) >= 11 is 0. The van der Waals surface area contributed by atoms with Crippen molar-refractivity contribution in [2.24, 2.45) is 0 Å². The minimum atomic E-state index is 0.269. The Labute approximate surface area is 102 Å². The van der Waals surface area contributed by atoms with Gasteiger partial charge in [-0.3, -0.25) is 4.79 Å². The molecule has 0 unspecified atom stereocenters. The lowest BCUT2D eigenvalue weighted by atomic mass is 10.00. The summed E-state index contributed by atoms with van der Waals surface area (Å²) < 4.78 is 0. The van der Waals surface area contributed by atoms with Crippen LogP contribution in [0.4, 0.5) is 0 Å². The zero-order valence-corrected chi connectivity index (χ0v) is 10.0. The van der Waals surface area contributed by atoms with E-state index in [1.54, 1.807) is 0 Å². The molecule has 0 saturated carbocycles. The molecule has 0 heterocycles. The first kappa shape index (κ1) is 11.6. The Hall–Kier alpha value is -1.89. The number of aryl methyl sites for hydroxylation is 1. The quantitative estimate of drug-likeness (QED) is 0.778. The van der Waals surface area contributed by atoms with Gasteiger partial charge in [-0.15, -0.1) is 0 Å². The van der Waals surface area contributed by atoms with Crippen molar-refractivity contribution in [3.8, 4) is 0 Å². The summed E-state index contributed by atoms with van der Waals surface area (Å²) in [6.45, 7) is 2.05. The molecular formula is C16H16O. The third kappa shape index (κ3) is 3.28. The molecule has 0 saturated heterocycles. The molecule has 0 atom stereocenters. The second kappa shape index (κ2) is 5.44. The van der Waals surface area contributed by atoms with Gasteiger partial charge in [0, 0.05) is 12.8 Å². The van der Waals surface area contributed by atoms with Crippen LogP contribution in [0, 0.1) is 6.92 Å². The number of hydrogen-bond acceptors (Lipinski definition) is 1. The second-order valence-corrected chi connectivity index (χ2v) is 4.30. The summed E-state index contributed by atoms with van der Waals surface area (Å²) in [5, 5.41) is 0. The highest BCUT2D eigenvalue weighted by Crippen LogP contribution is 2.10. The molecule has 1 heteroatoms. The van der Waals surface area contributed by atoms with Gasteiger partial charge in [0.2, 0.25) is 0 Å². The molecule has 2 aromatic rings. The van der Waals surface area contributed by atoms with Gasteiger partial charge in [0.15, 0.2) is 0 Å². The van der Waals surface area contributed by atoms with Crippen LogP contribution in [0.5, 0.6) is 0 Å². The lowest BCUT2D eigenvalue weighted by molar-refractivity contribution is -0.117. The number of ketones is 1. The van der Waals surface area contributed by atoms with Crippen LogP contribution in [0.25, 0.3) is 0 Å². The van der Waals surface area contributed by atoms with Crippen LogP contribution in [0.15, 0.2) is 54.6 Å². The summed E-state index contributed by atoms with van der Waals surface area (Å²) in [6.07, 6.45) is 1.05. The van der Waals surface area contributed by atoms with E-state index >= 15 is 0 Å². The summed E-state index contributed by atoms with van der Waals surface area (Å²) in [6, 6.07) is 18.0.